The van der Waals surface area contributed by atoms with Crippen molar-refractivity contribution in [1.29, 1.82) is 0 Å². The molecule has 0 aliphatic heterocycles. The van der Waals surface area contributed by atoms with Crippen LogP contribution in [-0.2, 0) is 15.6 Å². The normalized spacial score (nSPS) is 27.6. The van der Waals surface area contributed by atoms with Gasteiger partial charge < -0.3 is 11.1 Å². The molecule has 0 spiro atoms. The molecule has 1 fully saturated rings. The average molecular weight is 232 g/mol. The summed E-state index contributed by atoms with van der Waals surface area (Å²) in [6, 6.07) is 0.0154. The van der Waals surface area contributed by atoms with Crippen LogP contribution in [0.25, 0.3) is 0 Å². The first-order valence-electron chi connectivity index (χ1n) is 5.53. The molecule has 0 aromatic rings. The lowest BCUT2D eigenvalue weighted by Gasteiger charge is -2.14. The van der Waals surface area contributed by atoms with E-state index in [0.29, 0.717) is 18.1 Å². The molecule has 0 bridgehead atoms. The molecule has 0 aromatic heterocycles. The molecule has 3 unspecified atom stereocenters. The van der Waals surface area contributed by atoms with E-state index in [4.69, 9.17) is 5.73 Å². The fourth-order valence-corrected chi connectivity index (χ4v) is 2.50. The lowest BCUT2D eigenvalue weighted by Crippen LogP contribution is -2.39. The van der Waals surface area contributed by atoms with Gasteiger partial charge in [0.25, 0.3) is 0 Å². The molecule has 88 valence electrons. The van der Waals surface area contributed by atoms with Gasteiger partial charge in [0.15, 0.2) is 0 Å². The minimum absolute atomic E-state index is 0.0154. The van der Waals surface area contributed by atoms with Crippen molar-refractivity contribution >= 4 is 16.7 Å². The van der Waals surface area contributed by atoms with Crippen molar-refractivity contribution in [2.75, 3.05) is 18.1 Å². The SMILES string of the molecule is CCS(=O)CCNC(=O)C1CCCC1N. The van der Waals surface area contributed by atoms with Crippen LogP contribution in [0.3, 0.4) is 0 Å². The second-order valence-corrected chi connectivity index (χ2v) is 5.79. The maximum atomic E-state index is 11.6. The van der Waals surface area contributed by atoms with Gasteiger partial charge in [-0.2, -0.15) is 0 Å². The highest BCUT2D eigenvalue weighted by Crippen LogP contribution is 2.23. The number of amides is 1. The van der Waals surface area contributed by atoms with Crippen molar-refractivity contribution in [3.05, 3.63) is 0 Å². The monoisotopic (exact) mass is 232 g/mol. The Morgan fingerprint density at radius 2 is 2.27 bits per heavy atom. The summed E-state index contributed by atoms with van der Waals surface area (Å²) in [7, 11) is -0.800. The first-order chi connectivity index (χ1) is 7.15. The number of rotatable bonds is 5. The van der Waals surface area contributed by atoms with E-state index in [-0.39, 0.29) is 17.9 Å². The minimum Gasteiger partial charge on any atom is -0.355 e. The van der Waals surface area contributed by atoms with Gasteiger partial charge in [0.1, 0.15) is 0 Å². The number of carbonyl (C=O) groups excluding carboxylic acids is 1. The third kappa shape index (κ3) is 3.91. The molecular weight excluding hydrogens is 212 g/mol. The number of nitrogens with one attached hydrogen (secondary N) is 1. The van der Waals surface area contributed by atoms with E-state index in [1.807, 2.05) is 6.92 Å². The molecular formula is C10H20N2O2S. The highest BCUT2D eigenvalue weighted by atomic mass is 32.2. The van der Waals surface area contributed by atoms with Gasteiger partial charge in [-0.3, -0.25) is 9.00 Å². The van der Waals surface area contributed by atoms with E-state index in [1.54, 1.807) is 0 Å². The van der Waals surface area contributed by atoms with Gasteiger partial charge in [0.05, 0.1) is 5.92 Å². The lowest BCUT2D eigenvalue weighted by molar-refractivity contribution is -0.125. The molecule has 0 saturated heterocycles. The highest BCUT2D eigenvalue weighted by Gasteiger charge is 2.29. The van der Waals surface area contributed by atoms with Crippen LogP contribution in [0.2, 0.25) is 0 Å². The summed E-state index contributed by atoms with van der Waals surface area (Å²) in [4.78, 5) is 11.6. The van der Waals surface area contributed by atoms with Crippen LogP contribution in [0.15, 0.2) is 0 Å². The molecule has 3 N–H and O–H groups in total. The summed E-state index contributed by atoms with van der Waals surface area (Å²) in [6.07, 6.45) is 2.88. The van der Waals surface area contributed by atoms with Gasteiger partial charge in [-0.15, -0.1) is 0 Å². The molecule has 1 aliphatic rings. The number of nitrogens with two attached hydrogens (primary N) is 1. The molecule has 1 saturated carbocycles. The van der Waals surface area contributed by atoms with Crippen LogP contribution >= 0.6 is 0 Å². The average Bonchev–Trinajstić information content (AvgIpc) is 2.64. The Hall–Kier alpha value is -0.420. The van der Waals surface area contributed by atoms with Crippen LogP contribution in [0.4, 0.5) is 0 Å². The summed E-state index contributed by atoms with van der Waals surface area (Å²) in [5.74, 6) is 1.20. The van der Waals surface area contributed by atoms with Crippen molar-refractivity contribution in [3.63, 3.8) is 0 Å². The Morgan fingerprint density at radius 1 is 1.53 bits per heavy atom. The van der Waals surface area contributed by atoms with E-state index in [2.05, 4.69) is 5.32 Å². The van der Waals surface area contributed by atoms with Crippen molar-refractivity contribution in [3.8, 4) is 0 Å². The summed E-state index contributed by atoms with van der Waals surface area (Å²) in [6.45, 7) is 2.38. The van der Waals surface area contributed by atoms with E-state index in [9.17, 15) is 9.00 Å². The predicted molar refractivity (Wildman–Crippen MR) is 61.9 cm³/mol. The number of hydrogen-bond acceptors (Lipinski definition) is 3. The third-order valence-electron chi connectivity index (χ3n) is 2.86. The van der Waals surface area contributed by atoms with E-state index in [1.165, 1.54) is 0 Å². The summed E-state index contributed by atoms with van der Waals surface area (Å²) in [5, 5.41) is 2.81. The van der Waals surface area contributed by atoms with Crippen LogP contribution in [0.1, 0.15) is 26.2 Å². The molecule has 1 amide bonds. The van der Waals surface area contributed by atoms with E-state index < -0.39 is 10.8 Å². The standard InChI is InChI=1S/C10H20N2O2S/c1-2-15(14)7-6-12-10(13)8-4-3-5-9(8)11/h8-9H,2-7,11H2,1H3,(H,12,13). The zero-order valence-electron chi connectivity index (χ0n) is 9.20. The van der Waals surface area contributed by atoms with Gasteiger partial charge in [0.2, 0.25) is 5.91 Å². The predicted octanol–water partition coefficient (Wildman–Crippen LogP) is -0.00140. The van der Waals surface area contributed by atoms with Crippen LogP contribution < -0.4 is 11.1 Å². The molecule has 0 heterocycles. The maximum absolute atomic E-state index is 11.6. The number of hydrogen-bond donors (Lipinski definition) is 2. The Bertz CT molecular complexity index is 246. The summed E-state index contributed by atoms with van der Waals surface area (Å²) >= 11 is 0. The zero-order valence-corrected chi connectivity index (χ0v) is 10.0. The van der Waals surface area contributed by atoms with Crippen molar-refractivity contribution in [1.82, 2.24) is 5.32 Å². The molecule has 0 radical (unpaired) electrons. The van der Waals surface area contributed by atoms with E-state index in [0.717, 1.165) is 19.3 Å². The fourth-order valence-electron chi connectivity index (χ4n) is 1.88. The van der Waals surface area contributed by atoms with Crippen LogP contribution in [0, 0.1) is 5.92 Å². The van der Waals surface area contributed by atoms with Gasteiger partial charge in [-0.05, 0) is 12.8 Å². The maximum Gasteiger partial charge on any atom is 0.224 e. The van der Waals surface area contributed by atoms with E-state index >= 15 is 0 Å². The molecule has 3 atom stereocenters. The molecule has 0 aromatic carbocycles. The first-order valence-corrected chi connectivity index (χ1v) is 7.02. The van der Waals surface area contributed by atoms with Crippen LogP contribution in [0.5, 0.6) is 0 Å². The third-order valence-corrected chi connectivity index (χ3v) is 4.16. The highest BCUT2D eigenvalue weighted by molar-refractivity contribution is 7.84. The summed E-state index contributed by atoms with van der Waals surface area (Å²) < 4.78 is 11.1. The van der Waals surface area contributed by atoms with Gasteiger partial charge in [-0.1, -0.05) is 13.3 Å². The Kier molecular flexibility index (Phi) is 5.25. The van der Waals surface area contributed by atoms with Crippen molar-refractivity contribution < 1.29 is 9.00 Å². The molecule has 15 heavy (non-hydrogen) atoms. The first kappa shape index (κ1) is 12.6. The van der Waals surface area contributed by atoms with Gasteiger partial charge in [0, 0.05) is 34.9 Å². The Labute approximate surface area is 93.4 Å². The Morgan fingerprint density at radius 3 is 2.80 bits per heavy atom. The van der Waals surface area contributed by atoms with Gasteiger partial charge in [-0.25, -0.2) is 0 Å². The minimum atomic E-state index is -0.800. The largest absolute Gasteiger partial charge is 0.355 e. The molecule has 5 heteroatoms. The van der Waals surface area contributed by atoms with Crippen LogP contribution in [-0.4, -0.2) is 34.2 Å². The second-order valence-electron chi connectivity index (χ2n) is 3.92. The van der Waals surface area contributed by atoms with Crippen molar-refractivity contribution in [2.24, 2.45) is 11.7 Å². The van der Waals surface area contributed by atoms with Crippen molar-refractivity contribution in [2.45, 2.75) is 32.2 Å². The summed E-state index contributed by atoms with van der Waals surface area (Å²) in [5.41, 5.74) is 5.82. The topological polar surface area (TPSA) is 72.2 Å². The molecule has 1 rings (SSSR count). The lowest BCUT2D eigenvalue weighted by atomic mass is 10.0. The fraction of sp³-hybridized carbons (Fsp3) is 0.900. The molecule has 4 nitrogen and oxygen atoms in total. The smallest absolute Gasteiger partial charge is 0.224 e. The number of carbonyl (C=O) groups is 1. The quantitative estimate of drug-likeness (QED) is 0.701. The Balaban J connectivity index is 2.21. The zero-order chi connectivity index (χ0) is 11.3. The van der Waals surface area contributed by atoms with Gasteiger partial charge >= 0.3 is 0 Å². The second kappa shape index (κ2) is 6.23. The molecule has 1 aliphatic carbocycles.